The second-order valence-electron chi connectivity index (χ2n) is 7.01. The van der Waals surface area contributed by atoms with Crippen LogP contribution in [-0.4, -0.2) is 27.6 Å². The molecule has 0 heterocycles. The van der Waals surface area contributed by atoms with E-state index in [0.29, 0.717) is 23.4 Å². The van der Waals surface area contributed by atoms with Gasteiger partial charge in [0, 0.05) is 5.56 Å². The Morgan fingerprint density at radius 1 is 1.06 bits per heavy atom. The molecular weight excluding hydrogens is 509 g/mol. The maximum Gasteiger partial charge on any atom is 0.417 e. The number of para-hydroxylation sites is 1. The van der Waals surface area contributed by atoms with Crippen LogP contribution in [0.4, 0.5) is 13.2 Å². The lowest BCUT2D eigenvalue weighted by Gasteiger charge is -2.15. The molecule has 0 saturated carbocycles. The van der Waals surface area contributed by atoms with Gasteiger partial charge in [0.25, 0.3) is 0 Å². The number of nitrogens with one attached hydrogen (secondary N) is 1. The van der Waals surface area contributed by atoms with E-state index < -0.39 is 43.2 Å². The van der Waals surface area contributed by atoms with Gasteiger partial charge in [-0.05, 0) is 42.0 Å². The summed E-state index contributed by atoms with van der Waals surface area (Å²) in [5.41, 5.74) is 0.862. The summed E-state index contributed by atoms with van der Waals surface area (Å²) in [5, 5.41) is 2.70. The van der Waals surface area contributed by atoms with Gasteiger partial charge in [0.1, 0.15) is 16.4 Å². The summed E-state index contributed by atoms with van der Waals surface area (Å²) in [5.74, 6) is -0.136. The summed E-state index contributed by atoms with van der Waals surface area (Å²) in [7, 11) is -3.14. The van der Waals surface area contributed by atoms with Gasteiger partial charge in [0.15, 0.2) is 0 Å². The van der Waals surface area contributed by atoms with Gasteiger partial charge in [-0.1, -0.05) is 41.9 Å². The lowest BCUT2D eigenvalue weighted by atomic mass is 10.1. The molecule has 35 heavy (non-hydrogen) atoms. The Kier molecular flexibility index (Phi) is 8.03. The highest BCUT2D eigenvalue weighted by molar-refractivity contribution is 7.87. The van der Waals surface area contributed by atoms with Crippen molar-refractivity contribution in [3.05, 3.63) is 88.4 Å². The zero-order chi connectivity index (χ0) is 25.6. The number of carbonyl (C=O) groups excluding carboxylic acids is 1. The van der Waals surface area contributed by atoms with Gasteiger partial charge >= 0.3 is 16.3 Å². The summed E-state index contributed by atoms with van der Waals surface area (Å²) < 4.78 is 75.8. The Bertz CT molecular complexity index is 1350. The topological polar surface area (TPSA) is 94.1 Å². The van der Waals surface area contributed by atoms with Crippen molar-refractivity contribution in [2.75, 3.05) is 7.11 Å². The average Bonchev–Trinajstić information content (AvgIpc) is 2.79. The van der Waals surface area contributed by atoms with Gasteiger partial charge in [-0.15, -0.1) is 0 Å². The van der Waals surface area contributed by atoms with Gasteiger partial charge in [-0.2, -0.15) is 26.7 Å². The molecule has 0 aromatic heterocycles. The van der Waals surface area contributed by atoms with Gasteiger partial charge in [-0.3, -0.25) is 4.79 Å². The molecule has 0 aliphatic carbocycles. The maximum absolute atomic E-state index is 13.4. The minimum absolute atomic E-state index is 0.0574. The van der Waals surface area contributed by atoms with E-state index in [-0.39, 0.29) is 12.2 Å². The van der Waals surface area contributed by atoms with Crippen LogP contribution in [0.25, 0.3) is 0 Å². The number of halogens is 4. The molecule has 3 aromatic carbocycles. The van der Waals surface area contributed by atoms with Crippen molar-refractivity contribution in [1.82, 2.24) is 5.43 Å². The molecule has 12 heteroatoms. The smallest absolute Gasteiger partial charge is 0.417 e. The van der Waals surface area contributed by atoms with E-state index in [9.17, 15) is 26.4 Å². The number of carbonyl (C=O) groups is 1. The molecule has 7 nitrogen and oxygen atoms in total. The molecule has 0 unspecified atom stereocenters. The van der Waals surface area contributed by atoms with Crippen molar-refractivity contribution in [2.45, 2.75) is 17.5 Å². The van der Waals surface area contributed by atoms with E-state index in [2.05, 4.69) is 10.5 Å². The molecule has 1 N–H and O–H groups in total. The molecular formula is C23H18ClF3N2O5S. The monoisotopic (exact) mass is 526 g/mol. The second-order valence-corrected chi connectivity index (χ2v) is 8.90. The number of hydrazone groups is 1. The standard InChI is InChI=1S/C23H18ClF3N2O5S/c1-33-17-9-5-6-15(12-17)13-21(30)29-28-14-18-20(11-10-19(22(18)24)23(25,26)27)35(31,32)34-16-7-3-2-4-8-16/h2-12,14H,13H2,1H3,(H,29,30). The predicted octanol–water partition coefficient (Wildman–Crippen LogP) is 4.83. The highest BCUT2D eigenvalue weighted by Crippen LogP contribution is 2.38. The summed E-state index contributed by atoms with van der Waals surface area (Å²) in [6.45, 7) is 0. The number of ether oxygens (including phenoxy) is 1. The molecule has 3 rings (SSSR count). The normalized spacial score (nSPS) is 11.9. The minimum Gasteiger partial charge on any atom is -0.497 e. The molecule has 0 bridgehead atoms. The first-order valence-corrected chi connectivity index (χ1v) is 11.6. The van der Waals surface area contributed by atoms with Crippen LogP contribution in [0.2, 0.25) is 5.02 Å². The van der Waals surface area contributed by atoms with Crippen LogP contribution in [0, 0.1) is 0 Å². The predicted molar refractivity (Wildman–Crippen MR) is 123 cm³/mol. The van der Waals surface area contributed by atoms with E-state index in [1.165, 1.54) is 31.4 Å². The Balaban J connectivity index is 1.90. The second kappa shape index (κ2) is 10.8. The quantitative estimate of drug-likeness (QED) is 0.258. The van der Waals surface area contributed by atoms with Gasteiger partial charge < -0.3 is 8.92 Å². The van der Waals surface area contributed by atoms with Gasteiger partial charge in [-0.25, -0.2) is 5.43 Å². The summed E-state index contributed by atoms with van der Waals surface area (Å²) in [6, 6.07) is 15.3. The number of rotatable bonds is 8. The number of nitrogens with zero attached hydrogens (tertiary/aromatic N) is 1. The van der Waals surface area contributed by atoms with Crippen LogP contribution in [0.3, 0.4) is 0 Å². The number of hydrogen-bond donors (Lipinski definition) is 1. The Labute approximate surface area is 204 Å². The lowest BCUT2D eigenvalue weighted by Crippen LogP contribution is -2.20. The van der Waals surface area contributed by atoms with Crippen LogP contribution in [-0.2, 0) is 27.5 Å². The number of benzene rings is 3. The van der Waals surface area contributed by atoms with E-state index in [1.807, 2.05) is 0 Å². The first kappa shape index (κ1) is 26.0. The number of hydrogen-bond acceptors (Lipinski definition) is 6. The van der Waals surface area contributed by atoms with Crippen LogP contribution >= 0.6 is 11.6 Å². The molecule has 184 valence electrons. The number of alkyl halides is 3. The molecule has 0 aliphatic rings. The Morgan fingerprint density at radius 2 is 1.74 bits per heavy atom. The number of amides is 1. The van der Waals surface area contributed by atoms with E-state index in [4.69, 9.17) is 20.5 Å². The first-order valence-electron chi connectivity index (χ1n) is 9.85. The molecule has 0 spiro atoms. The van der Waals surface area contributed by atoms with Gasteiger partial charge in [0.05, 0.1) is 30.3 Å². The zero-order valence-corrected chi connectivity index (χ0v) is 19.6. The molecule has 0 atom stereocenters. The zero-order valence-electron chi connectivity index (χ0n) is 18.0. The maximum atomic E-state index is 13.4. The molecule has 0 fully saturated rings. The molecule has 1 amide bonds. The molecule has 3 aromatic rings. The molecule has 0 saturated heterocycles. The van der Waals surface area contributed by atoms with Crippen molar-refractivity contribution >= 4 is 33.8 Å². The van der Waals surface area contributed by atoms with Crippen LogP contribution in [0.15, 0.2) is 76.7 Å². The molecule has 0 aliphatic heterocycles. The average molecular weight is 527 g/mol. The fraction of sp³-hybridized carbons (Fsp3) is 0.130. The first-order chi connectivity index (χ1) is 16.5. The largest absolute Gasteiger partial charge is 0.497 e. The molecule has 0 radical (unpaired) electrons. The Morgan fingerprint density at radius 3 is 2.40 bits per heavy atom. The number of methoxy groups -OCH3 is 1. The highest BCUT2D eigenvalue weighted by Gasteiger charge is 2.36. The highest BCUT2D eigenvalue weighted by atomic mass is 35.5. The van der Waals surface area contributed by atoms with Crippen molar-refractivity contribution < 1.29 is 35.3 Å². The third-order valence-corrected chi connectivity index (χ3v) is 6.26. The third-order valence-electron chi connectivity index (χ3n) is 4.55. The summed E-state index contributed by atoms with van der Waals surface area (Å²) in [6.07, 6.45) is -4.26. The Hall–Kier alpha value is -3.57. The van der Waals surface area contributed by atoms with Gasteiger partial charge in [0.2, 0.25) is 5.91 Å². The van der Waals surface area contributed by atoms with E-state index >= 15 is 0 Å². The van der Waals surface area contributed by atoms with Crippen LogP contribution in [0.5, 0.6) is 11.5 Å². The SMILES string of the molecule is COc1cccc(CC(=O)NN=Cc2c(S(=O)(=O)Oc3ccccc3)ccc(C(F)(F)F)c2Cl)c1. The van der Waals surface area contributed by atoms with E-state index in [0.717, 1.165) is 6.21 Å². The van der Waals surface area contributed by atoms with Crippen molar-refractivity contribution in [2.24, 2.45) is 5.10 Å². The van der Waals surface area contributed by atoms with Crippen molar-refractivity contribution in [3.8, 4) is 11.5 Å². The van der Waals surface area contributed by atoms with E-state index in [1.54, 1.807) is 30.3 Å². The van der Waals surface area contributed by atoms with Crippen molar-refractivity contribution in [1.29, 1.82) is 0 Å². The lowest BCUT2D eigenvalue weighted by molar-refractivity contribution is -0.137. The third kappa shape index (κ3) is 6.74. The summed E-state index contributed by atoms with van der Waals surface area (Å²) >= 11 is 5.93. The summed E-state index contributed by atoms with van der Waals surface area (Å²) in [4.78, 5) is 11.6. The fourth-order valence-corrected chi connectivity index (χ4v) is 4.45. The van der Waals surface area contributed by atoms with Crippen LogP contribution in [0.1, 0.15) is 16.7 Å². The fourth-order valence-electron chi connectivity index (χ4n) is 2.96. The minimum atomic E-state index is -4.86. The van der Waals surface area contributed by atoms with Crippen molar-refractivity contribution in [3.63, 3.8) is 0 Å². The van der Waals surface area contributed by atoms with Crippen LogP contribution < -0.4 is 14.3 Å².